The Morgan fingerprint density at radius 1 is 1.29 bits per heavy atom. The van der Waals surface area contributed by atoms with E-state index in [4.69, 9.17) is 14.6 Å². The van der Waals surface area contributed by atoms with Gasteiger partial charge in [-0.1, -0.05) is 6.07 Å². The van der Waals surface area contributed by atoms with Crippen molar-refractivity contribution in [1.29, 1.82) is 0 Å². The molecule has 6 heteroatoms. The van der Waals surface area contributed by atoms with E-state index in [1.54, 1.807) is 26.0 Å². The minimum absolute atomic E-state index is 0.143. The second-order valence-corrected chi connectivity index (χ2v) is 5.65. The molecule has 0 bridgehead atoms. The molecule has 6 nitrogen and oxygen atoms in total. The summed E-state index contributed by atoms with van der Waals surface area (Å²) >= 11 is 0. The van der Waals surface area contributed by atoms with Crippen molar-refractivity contribution in [2.24, 2.45) is 5.41 Å². The van der Waals surface area contributed by atoms with Gasteiger partial charge in [0, 0.05) is 6.54 Å². The Bertz CT molecular complexity index is 553. The molecule has 0 radical (unpaired) electrons. The molecule has 0 fully saturated rings. The van der Waals surface area contributed by atoms with Crippen LogP contribution in [0.2, 0.25) is 0 Å². The number of carboxylic acid groups (broad SMARTS) is 1. The number of ether oxygens (including phenoxy) is 2. The Morgan fingerprint density at radius 2 is 2.00 bits per heavy atom. The zero-order chi connectivity index (χ0) is 15.5. The summed E-state index contributed by atoms with van der Waals surface area (Å²) in [4.78, 5) is 22.8. The van der Waals surface area contributed by atoms with Crippen LogP contribution < -0.4 is 14.8 Å². The predicted molar refractivity (Wildman–Crippen MR) is 75.3 cm³/mol. The van der Waals surface area contributed by atoms with Crippen LogP contribution in [0.5, 0.6) is 11.5 Å². The number of nitrogens with one attached hydrogen (secondary N) is 1. The van der Waals surface area contributed by atoms with E-state index < -0.39 is 11.4 Å². The molecule has 0 aliphatic carbocycles. The van der Waals surface area contributed by atoms with Gasteiger partial charge in [-0.3, -0.25) is 9.59 Å². The normalized spacial score (nSPS) is 13.0. The van der Waals surface area contributed by atoms with Gasteiger partial charge >= 0.3 is 5.97 Å². The fraction of sp³-hybridized carbons (Fsp3) is 0.467. The summed E-state index contributed by atoms with van der Waals surface area (Å²) in [5, 5.41) is 11.7. The molecule has 0 saturated carbocycles. The molecule has 114 valence electrons. The molecule has 0 spiro atoms. The molecule has 21 heavy (non-hydrogen) atoms. The Morgan fingerprint density at radius 3 is 2.71 bits per heavy atom. The maximum atomic E-state index is 11.8. The number of fused-ring (bicyclic) bond motifs is 1. The van der Waals surface area contributed by atoms with Gasteiger partial charge in [0.05, 0.1) is 11.8 Å². The fourth-order valence-corrected chi connectivity index (χ4v) is 1.92. The molecule has 2 N–H and O–H groups in total. The molecule has 0 aromatic heterocycles. The number of carbonyl (C=O) groups excluding carboxylic acids is 1. The Kier molecular flexibility index (Phi) is 4.35. The van der Waals surface area contributed by atoms with Crippen LogP contribution in [-0.4, -0.2) is 30.3 Å². The van der Waals surface area contributed by atoms with Gasteiger partial charge in [-0.05, 0) is 38.0 Å². The molecule has 1 aliphatic heterocycles. The van der Waals surface area contributed by atoms with E-state index >= 15 is 0 Å². The van der Waals surface area contributed by atoms with Gasteiger partial charge in [-0.2, -0.15) is 0 Å². The molecule has 2 rings (SSSR count). The highest BCUT2D eigenvalue weighted by atomic mass is 16.7. The molecule has 0 atom stereocenters. The Hall–Kier alpha value is -2.24. The molecular formula is C15H19NO5. The lowest BCUT2D eigenvalue weighted by Gasteiger charge is -2.18. The number of amides is 1. The molecule has 0 saturated heterocycles. The summed E-state index contributed by atoms with van der Waals surface area (Å²) in [7, 11) is 0. The average Bonchev–Trinajstić information content (AvgIpc) is 2.85. The number of aliphatic carboxylic acids is 1. The highest BCUT2D eigenvalue weighted by Crippen LogP contribution is 2.32. The topological polar surface area (TPSA) is 84.9 Å². The van der Waals surface area contributed by atoms with E-state index in [1.165, 1.54) is 0 Å². The summed E-state index contributed by atoms with van der Waals surface area (Å²) in [6.07, 6.45) is 0.610. The van der Waals surface area contributed by atoms with Crippen LogP contribution in [0.15, 0.2) is 18.2 Å². The van der Waals surface area contributed by atoms with E-state index in [9.17, 15) is 9.59 Å². The van der Waals surface area contributed by atoms with Gasteiger partial charge in [0.25, 0.3) is 0 Å². The van der Waals surface area contributed by atoms with Crippen LogP contribution in [-0.2, 0) is 16.0 Å². The highest BCUT2D eigenvalue weighted by molar-refractivity contribution is 5.79. The van der Waals surface area contributed by atoms with Crippen molar-refractivity contribution in [2.75, 3.05) is 13.3 Å². The molecule has 1 aromatic carbocycles. The summed E-state index contributed by atoms with van der Waals surface area (Å²) in [5.41, 5.74) is -0.0132. The van der Waals surface area contributed by atoms with Gasteiger partial charge in [0.2, 0.25) is 12.7 Å². The fourth-order valence-electron chi connectivity index (χ4n) is 1.92. The third-order valence-corrected chi connectivity index (χ3v) is 3.45. The van der Waals surface area contributed by atoms with E-state index in [0.717, 1.165) is 5.56 Å². The van der Waals surface area contributed by atoms with Crippen molar-refractivity contribution < 1.29 is 24.2 Å². The summed E-state index contributed by atoms with van der Waals surface area (Å²) in [6.45, 7) is 3.82. The quantitative estimate of drug-likeness (QED) is 0.831. The van der Waals surface area contributed by atoms with Crippen LogP contribution in [0, 0.1) is 5.41 Å². The van der Waals surface area contributed by atoms with Crippen molar-refractivity contribution in [3.63, 3.8) is 0 Å². The first-order chi connectivity index (χ1) is 9.88. The lowest BCUT2D eigenvalue weighted by molar-refractivity contribution is -0.147. The Balaban J connectivity index is 1.81. The molecule has 0 unspecified atom stereocenters. The third kappa shape index (κ3) is 3.87. The van der Waals surface area contributed by atoms with Crippen LogP contribution in [0.4, 0.5) is 0 Å². The second kappa shape index (κ2) is 6.03. The van der Waals surface area contributed by atoms with Gasteiger partial charge in [-0.25, -0.2) is 0 Å². The van der Waals surface area contributed by atoms with Gasteiger partial charge in [0.15, 0.2) is 11.5 Å². The number of carbonyl (C=O) groups is 2. The first-order valence-corrected chi connectivity index (χ1v) is 6.77. The summed E-state index contributed by atoms with van der Waals surface area (Å²) < 4.78 is 10.5. The van der Waals surface area contributed by atoms with Crippen LogP contribution in [0.25, 0.3) is 0 Å². The standard InChI is InChI=1S/C15H19NO5/c1-15(2,14(18)19)5-6-16-13(17)8-10-3-4-11-12(7-10)21-9-20-11/h3-4,7H,5-6,8-9H2,1-2H3,(H,16,17)(H,18,19). The number of carboxylic acids is 1. The van der Waals surface area contributed by atoms with Gasteiger partial charge in [0.1, 0.15) is 0 Å². The number of hydrogen-bond acceptors (Lipinski definition) is 4. The van der Waals surface area contributed by atoms with Crippen molar-refractivity contribution in [3.05, 3.63) is 23.8 Å². The SMILES string of the molecule is CC(C)(CCNC(=O)Cc1ccc2c(c1)OCO2)C(=O)O. The maximum Gasteiger partial charge on any atom is 0.309 e. The van der Waals surface area contributed by atoms with Crippen molar-refractivity contribution >= 4 is 11.9 Å². The average molecular weight is 293 g/mol. The summed E-state index contributed by atoms with van der Waals surface area (Å²) in [5.74, 6) is 0.317. The number of hydrogen-bond donors (Lipinski definition) is 2. The van der Waals surface area contributed by atoms with E-state index in [2.05, 4.69) is 5.32 Å². The van der Waals surface area contributed by atoms with Crippen molar-refractivity contribution in [3.8, 4) is 11.5 Å². The van der Waals surface area contributed by atoms with Gasteiger partial charge in [-0.15, -0.1) is 0 Å². The first kappa shape index (κ1) is 15.2. The Labute approximate surface area is 123 Å². The molecule has 1 aromatic rings. The van der Waals surface area contributed by atoms with E-state index in [0.29, 0.717) is 24.5 Å². The summed E-state index contributed by atoms with van der Waals surface area (Å²) in [6, 6.07) is 5.37. The lowest BCUT2D eigenvalue weighted by atomic mass is 9.90. The first-order valence-electron chi connectivity index (χ1n) is 6.77. The number of benzene rings is 1. The number of rotatable bonds is 6. The minimum Gasteiger partial charge on any atom is -0.481 e. The smallest absolute Gasteiger partial charge is 0.309 e. The van der Waals surface area contributed by atoms with Crippen LogP contribution in [0.3, 0.4) is 0 Å². The van der Waals surface area contributed by atoms with Crippen molar-refractivity contribution in [1.82, 2.24) is 5.32 Å². The van der Waals surface area contributed by atoms with Crippen LogP contribution in [0.1, 0.15) is 25.8 Å². The van der Waals surface area contributed by atoms with E-state index in [1.807, 2.05) is 6.07 Å². The largest absolute Gasteiger partial charge is 0.481 e. The second-order valence-electron chi connectivity index (χ2n) is 5.65. The van der Waals surface area contributed by atoms with E-state index in [-0.39, 0.29) is 19.1 Å². The maximum absolute atomic E-state index is 11.8. The molecule has 1 aliphatic rings. The van der Waals surface area contributed by atoms with Crippen LogP contribution >= 0.6 is 0 Å². The predicted octanol–water partition coefficient (Wildman–Crippen LogP) is 1.57. The van der Waals surface area contributed by atoms with Crippen molar-refractivity contribution in [2.45, 2.75) is 26.7 Å². The zero-order valence-corrected chi connectivity index (χ0v) is 12.1. The molecule has 1 amide bonds. The third-order valence-electron chi connectivity index (χ3n) is 3.45. The van der Waals surface area contributed by atoms with Gasteiger partial charge < -0.3 is 19.9 Å². The minimum atomic E-state index is -0.868. The highest BCUT2D eigenvalue weighted by Gasteiger charge is 2.26. The lowest BCUT2D eigenvalue weighted by Crippen LogP contribution is -2.32. The monoisotopic (exact) mass is 293 g/mol. The molecule has 1 heterocycles. The molecular weight excluding hydrogens is 274 g/mol. The zero-order valence-electron chi connectivity index (χ0n) is 12.1.